The molecule has 3 rings (SSSR count). The number of thioether (sulfide) groups is 1. The van der Waals surface area contributed by atoms with Gasteiger partial charge in [-0.1, -0.05) is 23.1 Å². The Morgan fingerprint density at radius 2 is 1.72 bits per heavy atom. The van der Waals surface area contributed by atoms with E-state index in [1.165, 1.54) is 23.1 Å². The van der Waals surface area contributed by atoms with Crippen LogP contribution in [-0.2, 0) is 10.0 Å². The van der Waals surface area contributed by atoms with Crippen LogP contribution in [0.5, 0.6) is 5.75 Å². The number of hydrogen-bond donors (Lipinski definition) is 2. The van der Waals surface area contributed by atoms with E-state index in [1.807, 2.05) is 24.3 Å². The molecule has 0 amide bonds. The molecule has 8 nitrogen and oxygen atoms in total. The van der Waals surface area contributed by atoms with Gasteiger partial charge in [0.15, 0.2) is 10.1 Å². The van der Waals surface area contributed by atoms with Crippen molar-refractivity contribution in [2.45, 2.75) is 4.34 Å². The van der Waals surface area contributed by atoms with Gasteiger partial charge in [-0.3, -0.25) is 9.52 Å². The highest BCUT2D eigenvalue weighted by Crippen LogP contribution is 2.28. The number of methoxy groups -OCH3 is 1. The third-order valence-corrected chi connectivity index (χ3v) is 6.16. The maximum Gasteiger partial charge on any atom is 0.229 e. The number of nitrogens with zero attached hydrogens (tertiary/aromatic N) is 2. The van der Waals surface area contributed by atoms with E-state index in [1.54, 1.807) is 31.4 Å². The van der Waals surface area contributed by atoms with E-state index in [-0.39, 0.29) is 11.5 Å². The van der Waals surface area contributed by atoms with Gasteiger partial charge in [-0.15, -0.1) is 10.2 Å². The van der Waals surface area contributed by atoms with Crippen LogP contribution >= 0.6 is 23.1 Å². The lowest BCUT2D eigenvalue weighted by molar-refractivity contribution is 0.102. The number of carbonyl (C=O) groups excluding carboxylic acids is 1. The zero-order valence-corrected chi connectivity index (χ0v) is 18.0. The third kappa shape index (κ3) is 6.44. The maximum absolute atomic E-state index is 12.3. The van der Waals surface area contributed by atoms with Crippen LogP contribution in [-0.4, -0.2) is 43.5 Å². The molecule has 0 aliphatic heterocycles. The van der Waals surface area contributed by atoms with E-state index in [4.69, 9.17) is 4.74 Å². The Hall–Kier alpha value is -2.63. The highest BCUT2D eigenvalue weighted by molar-refractivity contribution is 8.01. The Kier molecular flexibility index (Phi) is 6.72. The van der Waals surface area contributed by atoms with Crippen molar-refractivity contribution in [2.75, 3.05) is 29.2 Å². The van der Waals surface area contributed by atoms with Gasteiger partial charge in [-0.2, -0.15) is 0 Å². The number of Topliss-reactive ketones (excluding diaryl/α,β-unsaturated/α-hetero) is 1. The average Bonchev–Trinajstić information content (AvgIpc) is 3.13. The van der Waals surface area contributed by atoms with Crippen LogP contribution in [0.25, 0.3) is 0 Å². The van der Waals surface area contributed by atoms with E-state index >= 15 is 0 Å². The van der Waals surface area contributed by atoms with Gasteiger partial charge in [0.1, 0.15) is 5.75 Å². The fourth-order valence-corrected chi connectivity index (χ4v) is 4.50. The minimum absolute atomic E-state index is 0.0826. The normalized spacial score (nSPS) is 11.1. The van der Waals surface area contributed by atoms with Crippen molar-refractivity contribution in [1.29, 1.82) is 0 Å². The fourth-order valence-electron chi connectivity index (χ4n) is 2.27. The molecule has 0 bridgehead atoms. The van der Waals surface area contributed by atoms with Crippen LogP contribution < -0.4 is 14.8 Å². The summed E-state index contributed by atoms with van der Waals surface area (Å²) < 4.78 is 30.6. The summed E-state index contributed by atoms with van der Waals surface area (Å²) in [4.78, 5) is 12.3. The highest BCUT2D eigenvalue weighted by Gasteiger charge is 2.11. The second-order valence-corrected chi connectivity index (χ2v) is 9.84. The molecule has 29 heavy (non-hydrogen) atoms. The Balaban J connectivity index is 1.54. The molecule has 0 unspecified atom stereocenters. The first-order valence-corrected chi connectivity index (χ1v) is 12.0. The van der Waals surface area contributed by atoms with E-state index in [0.717, 1.165) is 17.7 Å². The number of ether oxygens (including phenoxy) is 1. The van der Waals surface area contributed by atoms with Gasteiger partial charge in [0.05, 0.1) is 19.1 Å². The smallest absolute Gasteiger partial charge is 0.229 e. The van der Waals surface area contributed by atoms with Gasteiger partial charge in [-0.05, 0) is 48.5 Å². The Morgan fingerprint density at radius 3 is 2.34 bits per heavy atom. The quantitative estimate of drug-likeness (QED) is 0.376. The van der Waals surface area contributed by atoms with Crippen LogP contribution in [0.15, 0.2) is 52.9 Å². The summed E-state index contributed by atoms with van der Waals surface area (Å²) in [5.41, 5.74) is 1.77. The SMILES string of the molecule is COc1ccc(Nc2nnc(SCC(=O)c3ccc(NS(C)(=O)=O)cc3)s2)cc1. The molecule has 0 saturated carbocycles. The molecule has 0 aliphatic carbocycles. The van der Waals surface area contributed by atoms with Crippen LogP contribution in [0.3, 0.4) is 0 Å². The second-order valence-electron chi connectivity index (χ2n) is 5.89. The monoisotopic (exact) mass is 450 g/mol. The molecule has 0 saturated heterocycles. The summed E-state index contributed by atoms with van der Waals surface area (Å²) in [6.45, 7) is 0. The molecule has 11 heteroatoms. The highest BCUT2D eigenvalue weighted by atomic mass is 32.2. The van der Waals surface area contributed by atoms with Gasteiger partial charge < -0.3 is 10.1 Å². The number of aromatic nitrogens is 2. The number of nitrogens with one attached hydrogen (secondary N) is 2. The van der Waals surface area contributed by atoms with E-state index < -0.39 is 10.0 Å². The van der Waals surface area contributed by atoms with Crippen molar-refractivity contribution in [3.63, 3.8) is 0 Å². The Bertz CT molecular complexity index is 1080. The first-order valence-electron chi connectivity index (χ1n) is 8.31. The third-order valence-electron chi connectivity index (χ3n) is 3.58. The zero-order valence-electron chi connectivity index (χ0n) is 15.6. The number of carbonyl (C=O) groups is 1. The second kappa shape index (κ2) is 9.25. The molecule has 152 valence electrons. The Labute approximate surface area is 176 Å². The van der Waals surface area contributed by atoms with Gasteiger partial charge >= 0.3 is 0 Å². The van der Waals surface area contributed by atoms with Crippen molar-refractivity contribution >= 4 is 55.4 Å². The summed E-state index contributed by atoms with van der Waals surface area (Å²) in [5.74, 6) is 0.888. The molecule has 2 N–H and O–H groups in total. The molecule has 0 radical (unpaired) electrons. The van der Waals surface area contributed by atoms with Crippen molar-refractivity contribution in [3.05, 3.63) is 54.1 Å². The van der Waals surface area contributed by atoms with Gasteiger partial charge in [-0.25, -0.2) is 8.42 Å². The molecule has 0 atom stereocenters. The van der Waals surface area contributed by atoms with Crippen molar-refractivity contribution in [2.24, 2.45) is 0 Å². The standard InChI is InChI=1S/C18H18N4O4S3/c1-26-15-9-7-13(8-10-15)19-17-20-21-18(28-17)27-11-16(23)12-3-5-14(6-4-12)22-29(2,24)25/h3-10,22H,11H2,1-2H3,(H,19,20). The first kappa shape index (κ1) is 21.1. The largest absolute Gasteiger partial charge is 0.497 e. The summed E-state index contributed by atoms with van der Waals surface area (Å²) in [5, 5.41) is 11.9. The molecule has 3 aromatic rings. The fraction of sp³-hybridized carbons (Fsp3) is 0.167. The lowest BCUT2D eigenvalue weighted by Crippen LogP contribution is -2.10. The number of ketones is 1. The molecule has 0 spiro atoms. The lowest BCUT2D eigenvalue weighted by atomic mass is 10.1. The van der Waals surface area contributed by atoms with Crippen LogP contribution in [0.4, 0.5) is 16.5 Å². The van der Waals surface area contributed by atoms with Gasteiger partial charge in [0, 0.05) is 16.9 Å². The van der Waals surface area contributed by atoms with Crippen LogP contribution in [0.2, 0.25) is 0 Å². The number of hydrogen-bond acceptors (Lipinski definition) is 9. The molecular formula is C18H18N4O4S3. The molecule has 1 aromatic heterocycles. The van der Waals surface area contributed by atoms with E-state index in [2.05, 4.69) is 20.2 Å². The lowest BCUT2D eigenvalue weighted by Gasteiger charge is -2.04. The predicted molar refractivity (Wildman–Crippen MR) is 116 cm³/mol. The number of benzene rings is 2. The Morgan fingerprint density at radius 1 is 1.07 bits per heavy atom. The molecule has 2 aromatic carbocycles. The average molecular weight is 451 g/mol. The van der Waals surface area contributed by atoms with Crippen molar-refractivity contribution in [3.8, 4) is 5.75 Å². The molecule has 0 aliphatic rings. The maximum atomic E-state index is 12.3. The molecular weight excluding hydrogens is 432 g/mol. The minimum atomic E-state index is -3.35. The zero-order chi connectivity index (χ0) is 20.9. The summed E-state index contributed by atoms with van der Waals surface area (Å²) in [6.07, 6.45) is 1.07. The van der Waals surface area contributed by atoms with Gasteiger partial charge in [0.2, 0.25) is 15.2 Å². The van der Waals surface area contributed by atoms with E-state index in [9.17, 15) is 13.2 Å². The topological polar surface area (TPSA) is 110 Å². The van der Waals surface area contributed by atoms with E-state index in [0.29, 0.717) is 20.7 Å². The summed E-state index contributed by atoms with van der Waals surface area (Å²) >= 11 is 2.65. The number of anilines is 3. The van der Waals surface area contributed by atoms with Crippen LogP contribution in [0, 0.1) is 0 Å². The van der Waals surface area contributed by atoms with Crippen LogP contribution in [0.1, 0.15) is 10.4 Å². The van der Waals surface area contributed by atoms with Crippen molar-refractivity contribution < 1.29 is 17.9 Å². The first-order chi connectivity index (χ1) is 13.8. The predicted octanol–water partition coefficient (Wildman–Crippen LogP) is 3.64. The summed E-state index contributed by atoms with van der Waals surface area (Å²) in [7, 11) is -1.74. The molecule has 1 heterocycles. The summed E-state index contributed by atoms with van der Waals surface area (Å²) in [6, 6.07) is 13.7. The number of rotatable bonds is 9. The minimum Gasteiger partial charge on any atom is -0.497 e. The number of sulfonamides is 1. The van der Waals surface area contributed by atoms with Crippen molar-refractivity contribution in [1.82, 2.24) is 10.2 Å². The molecule has 0 fully saturated rings. The van der Waals surface area contributed by atoms with Gasteiger partial charge in [0.25, 0.3) is 0 Å².